The lowest BCUT2D eigenvalue weighted by atomic mass is 9.95. The van der Waals surface area contributed by atoms with Crippen molar-refractivity contribution in [1.29, 1.82) is 0 Å². The zero-order chi connectivity index (χ0) is 14.9. The topological polar surface area (TPSA) is 28.2 Å². The van der Waals surface area contributed by atoms with E-state index in [1.54, 1.807) is 0 Å². The number of rotatable bonds is 8. The van der Waals surface area contributed by atoms with Gasteiger partial charge in [-0.3, -0.25) is 4.90 Å². The molecule has 0 aromatic carbocycles. The van der Waals surface area contributed by atoms with Crippen LogP contribution in [0.4, 0.5) is 5.82 Å². The smallest absolute Gasteiger partial charge is 0.130 e. The van der Waals surface area contributed by atoms with Gasteiger partial charge in [-0.15, -0.1) is 0 Å². The maximum absolute atomic E-state index is 4.60. The Morgan fingerprint density at radius 2 is 2.10 bits per heavy atom. The quantitative estimate of drug-likeness (QED) is 0.708. The van der Waals surface area contributed by atoms with E-state index in [9.17, 15) is 0 Å². The van der Waals surface area contributed by atoms with Crippen LogP contribution in [0.1, 0.15) is 70.4 Å². The molecule has 1 fully saturated rings. The van der Waals surface area contributed by atoms with Gasteiger partial charge in [0.1, 0.15) is 5.82 Å². The van der Waals surface area contributed by atoms with Gasteiger partial charge in [0.05, 0.1) is 0 Å². The van der Waals surface area contributed by atoms with Crippen LogP contribution in [-0.4, -0.2) is 29.5 Å². The second-order valence-electron chi connectivity index (χ2n) is 6.12. The van der Waals surface area contributed by atoms with Gasteiger partial charge in [0.2, 0.25) is 0 Å². The van der Waals surface area contributed by atoms with Crippen LogP contribution in [0.25, 0.3) is 0 Å². The summed E-state index contributed by atoms with van der Waals surface area (Å²) >= 11 is 0. The first-order valence-electron chi connectivity index (χ1n) is 8.79. The van der Waals surface area contributed by atoms with Crippen molar-refractivity contribution in [2.45, 2.75) is 64.8 Å². The van der Waals surface area contributed by atoms with Crippen LogP contribution < -0.4 is 5.32 Å². The number of nitrogens with one attached hydrogen (secondary N) is 1. The summed E-state index contributed by atoms with van der Waals surface area (Å²) < 4.78 is 0. The Hall–Kier alpha value is -1.09. The molecule has 118 valence electrons. The fraction of sp³-hybridized carbons (Fsp3) is 0.722. The van der Waals surface area contributed by atoms with Crippen molar-refractivity contribution in [1.82, 2.24) is 9.88 Å². The Labute approximate surface area is 130 Å². The molecule has 1 aromatic rings. The summed E-state index contributed by atoms with van der Waals surface area (Å²) in [6.07, 6.45) is 10.9. The Morgan fingerprint density at radius 1 is 1.24 bits per heavy atom. The van der Waals surface area contributed by atoms with E-state index in [0.29, 0.717) is 6.04 Å². The zero-order valence-corrected chi connectivity index (χ0v) is 13.8. The van der Waals surface area contributed by atoms with Gasteiger partial charge in [-0.1, -0.05) is 39.2 Å². The van der Waals surface area contributed by atoms with E-state index in [1.165, 1.54) is 63.6 Å². The van der Waals surface area contributed by atoms with Gasteiger partial charge >= 0.3 is 0 Å². The van der Waals surface area contributed by atoms with Gasteiger partial charge in [0, 0.05) is 24.3 Å². The highest BCUT2D eigenvalue weighted by Gasteiger charge is 2.25. The minimum absolute atomic E-state index is 0.558. The summed E-state index contributed by atoms with van der Waals surface area (Å²) in [5.74, 6) is 1.11. The molecule has 2 rings (SSSR count). The lowest BCUT2D eigenvalue weighted by Gasteiger charge is -2.36. The molecule has 0 bridgehead atoms. The van der Waals surface area contributed by atoms with Crippen molar-refractivity contribution in [3.8, 4) is 0 Å². The van der Waals surface area contributed by atoms with Crippen LogP contribution in [0, 0.1) is 0 Å². The molecular weight excluding hydrogens is 258 g/mol. The van der Waals surface area contributed by atoms with Crippen molar-refractivity contribution in [2.75, 3.05) is 25.0 Å². The monoisotopic (exact) mass is 289 g/mol. The van der Waals surface area contributed by atoms with Crippen LogP contribution >= 0.6 is 0 Å². The summed E-state index contributed by atoms with van der Waals surface area (Å²) in [6, 6.07) is 4.92. The van der Waals surface area contributed by atoms with Gasteiger partial charge in [-0.2, -0.15) is 0 Å². The molecule has 3 nitrogen and oxygen atoms in total. The molecule has 1 atom stereocenters. The lowest BCUT2D eigenvalue weighted by Crippen LogP contribution is -2.34. The average molecular weight is 289 g/mol. The van der Waals surface area contributed by atoms with E-state index in [2.05, 4.69) is 41.2 Å². The van der Waals surface area contributed by atoms with Crippen LogP contribution in [0.2, 0.25) is 0 Å². The number of hydrogen-bond donors (Lipinski definition) is 1. The highest BCUT2D eigenvalue weighted by atomic mass is 15.2. The number of unbranched alkanes of at least 4 members (excludes halogenated alkanes) is 2. The van der Waals surface area contributed by atoms with Crippen LogP contribution in [0.15, 0.2) is 18.3 Å². The van der Waals surface area contributed by atoms with Gasteiger partial charge < -0.3 is 5.32 Å². The molecule has 0 radical (unpaired) electrons. The fourth-order valence-corrected chi connectivity index (χ4v) is 3.19. The van der Waals surface area contributed by atoms with Gasteiger partial charge in [0.15, 0.2) is 0 Å². The highest BCUT2D eigenvalue weighted by Crippen LogP contribution is 2.34. The Bertz CT molecular complexity index is 405. The van der Waals surface area contributed by atoms with Crippen molar-refractivity contribution in [2.24, 2.45) is 0 Å². The second-order valence-corrected chi connectivity index (χ2v) is 6.12. The number of hydrogen-bond acceptors (Lipinski definition) is 3. The summed E-state index contributed by atoms with van der Waals surface area (Å²) in [5.41, 5.74) is 1.41. The molecule has 0 amide bonds. The molecule has 0 saturated carbocycles. The Morgan fingerprint density at radius 3 is 2.90 bits per heavy atom. The minimum Gasteiger partial charge on any atom is -0.370 e. The lowest BCUT2D eigenvalue weighted by molar-refractivity contribution is 0.147. The molecule has 1 saturated heterocycles. The van der Waals surface area contributed by atoms with E-state index in [4.69, 9.17) is 0 Å². The first kappa shape index (κ1) is 16.3. The first-order chi connectivity index (χ1) is 10.4. The normalized spacial score (nSPS) is 19.6. The minimum atomic E-state index is 0.558. The third kappa shape index (κ3) is 4.70. The third-order valence-corrected chi connectivity index (χ3v) is 4.43. The van der Waals surface area contributed by atoms with Gasteiger partial charge in [-0.05, 0) is 44.8 Å². The standard InChI is InChI=1S/C18H31N3/c1-3-5-12-19-18-16(10-9-13-20-18)17-11-7-8-15-21(17)14-6-4-2/h9-10,13,17H,3-8,11-12,14-15H2,1-2H3,(H,19,20)/t17-/m0/s1. The summed E-state index contributed by atoms with van der Waals surface area (Å²) in [5, 5.41) is 3.55. The van der Waals surface area contributed by atoms with E-state index in [0.717, 1.165) is 12.4 Å². The van der Waals surface area contributed by atoms with Crippen LogP contribution in [-0.2, 0) is 0 Å². The maximum atomic E-state index is 4.60. The Balaban J connectivity index is 2.09. The zero-order valence-electron chi connectivity index (χ0n) is 13.8. The number of piperidine rings is 1. The number of nitrogens with zero attached hydrogens (tertiary/aromatic N) is 2. The van der Waals surface area contributed by atoms with E-state index >= 15 is 0 Å². The van der Waals surface area contributed by atoms with Crippen LogP contribution in [0.3, 0.4) is 0 Å². The van der Waals surface area contributed by atoms with Gasteiger partial charge in [0.25, 0.3) is 0 Å². The molecular formula is C18H31N3. The molecule has 1 aliphatic rings. The molecule has 0 aliphatic carbocycles. The Kier molecular flexibility index (Phi) is 7.01. The maximum Gasteiger partial charge on any atom is 0.130 e. The number of anilines is 1. The number of likely N-dealkylation sites (tertiary alicyclic amines) is 1. The van der Waals surface area contributed by atoms with Crippen LogP contribution in [0.5, 0.6) is 0 Å². The van der Waals surface area contributed by atoms with E-state index in [1.807, 2.05) is 6.20 Å². The van der Waals surface area contributed by atoms with Gasteiger partial charge in [-0.25, -0.2) is 4.98 Å². The molecule has 21 heavy (non-hydrogen) atoms. The van der Waals surface area contributed by atoms with E-state index in [-0.39, 0.29) is 0 Å². The predicted molar refractivity (Wildman–Crippen MR) is 90.7 cm³/mol. The van der Waals surface area contributed by atoms with Crippen molar-refractivity contribution in [3.63, 3.8) is 0 Å². The largest absolute Gasteiger partial charge is 0.370 e. The summed E-state index contributed by atoms with van der Waals surface area (Å²) in [7, 11) is 0. The second kappa shape index (κ2) is 9.04. The molecule has 2 heterocycles. The summed E-state index contributed by atoms with van der Waals surface area (Å²) in [6.45, 7) is 8.01. The molecule has 1 N–H and O–H groups in total. The third-order valence-electron chi connectivity index (χ3n) is 4.43. The average Bonchev–Trinajstić information content (AvgIpc) is 2.54. The van der Waals surface area contributed by atoms with Crippen molar-refractivity contribution < 1.29 is 0 Å². The van der Waals surface area contributed by atoms with E-state index < -0.39 is 0 Å². The molecule has 0 unspecified atom stereocenters. The SMILES string of the molecule is CCCCNc1ncccc1[C@@H]1CCCCN1CCCC. The fourth-order valence-electron chi connectivity index (χ4n) is 3.19. The molecule has 0 spiro atoms. The number of pyridine rings is 1. The van der Waals surface area contributed by atoms with Crippen molar-refractivity contribution in [3.05, 3.63) is 23.9 Å². The molecule has 1 aliphatic heterocycles. The predicted octanol–water partition coefficient (Wildman–Crippen LogP) is 4.62. The van der Waals surface area contributed by atoms with Crippen molar-refractivity contribution >= 4 is 5.82 Å². The first-order valence-corrected chi connectivity index (χ1v) is 8.79. The molecule has 1 aromatic heterocycles. The highest BCUT2D eigenvalue weighted by molar-refractivity contribution is 5.45. The molecule has 3 heteroatoms. The number of aromatic nitrogens is 1. The summed E-state index contributed by atoms with van der Waals surface area (Å²) in [4.78, 5) is 7.28.